The minimum absolute atomic E-state index is 0.591. The summed E-state index contributed by atoms with van der Waals surface area (Å²) in [5.41, 5.74) is 1.31. The van der Waals surface area contributed by atoms with Crippen molar-refractivity contribution in [2.45, 2.75) is 124 Å². The predicted molar refractivity (Wildman–Crippen MR) is 134 cm³/mol. The molecule has 0 radical (unpaired) electrons. The standard InChI is InChI=1S/C32H52/c1-31(2,30-28-10-6-4-8-26(28)27-9-5-7-11-29(27)30)22-12-13-23(19-22)32(3)24-15-20-14-21(17-24)18-25(32)16-20/h20-30H,4-19H2,1-3H3. The summed E-state index contributed by atoms with van der Waals surface area (Å²) in [7, 11) is 0. The van der Waals surface area contributed by atoms with Gasteiger partial charge in [0.25, 0.3) is 0 Å². The van der Waals surface area contributed by atoms with E-state index in [0.717, 1.165) is 65.1 Å². The molecule has 6 atom stereocenters. The van der Waals surface area contributed by atoms with E-state index >= 15 is 0 Å². The van der Waals surface area contributed by atoms with Gasteiger partial charge in [-0.15, -0.1) is 0 Å². The van der Waals surface area contributed by atoms with Crippen LogP contribution in [0, 0.1) is 75.9 Å². The molecule has 0 aromatic rings. The quantitative estimate of drug-likeness (QED) is 0.413. The second kappa shape index (κ2) is 7.50. The molecule has 180 valence electrons. The lowest BCUT2D eigenvalue weighted by atomic mass is 9.42. The van der Waals surface area contributed by atoms with Crippen LogP contribution in [0.5, 0.6) is 0 Å². The fourth-order valence-electron chi connectivity index (χ4n) is 13.1. The summed E-state index contributed by atoms with van der Waals surface area (Å²) in [6.45, 7) is 8.42. The number of hydrogen-bond acceptors (Lipinski definition) is 0. The number of hydrogen-bond donors (Lipinski definition) is 0. The van der Waals surface area contributed by atoms with Crippen molar-refractivity contribution < 1.29 is 0 Å². The Bertz CT molecular complexity index is 666. The Labute approximate surface area is 199 Å². The summed E-state index contributed by atoms with van der Waals surface area (Å²) in [5.74, 6) is 12.1. The van der Waals surface area contributed by atoms with E-state index in [9.17, 15) is 0 Å². The smallest absolute Gasteiger partial charge is 0.0240 e. The van der Waals surface area contributed by atoms with Gasteiger partial charge in [0.2, 0.25) is 0 Å². The molecule has 4 bridgehead atoms. The van der Waals surface area contributed by atoms with Crippen molar-refractivity contribution in [1.82, 2.24) is 0 Å². The molecule has 0 nitrogen and oxygen atoms in total. The van der Waals surface area contributed by atoms with E-state index in [1.807, 2.05) is 0 Å². The normalized spacial score (nSPS) is 56.9. The Morgan fingerprint density at radius 1 is 0.531 bits per heavy atom. The molecule has 0 amide bonds. The molecule has 0 heteroatoms. The molecule has 0 saturated heterocycles. The van der Waals surface area contributed by atoms with Crippen molar-refractivity contribution in [2.75, 3.05) is 0 Å². The lowest BCUT2D eigenvalue weighted by molar-refractivity contribution is -0.130. The molecule has 0 aromatic heterocycles. The molecule has 0 aromatic carbocycles. The van der Waals surface area contributed by atoms with Crippen LogP contribution in [0.3, 0.4) is 0 Å². The highest BCUT2D eigenvalue weighted by atomic mass is 14.7. The number of fused-ring (bicyclic) bond motifs is 3. The van der Waals surface area contributed by atoms with Crippen LogP contribution in [-0.4, -0.2) is 0 Å². The van der Waals surface area contributed by atoms with E-state index in [1.165, 1.54) is 0 Å². The fraction of sp³-hybridized carbons (Fsp3) is 1.00. The zero-order valence-corrected chi connectivity index (χ0v) is 21.7. The molecule has 6 unspecified atom stereocenters. The molecular formula is C32H52. The third-order valence-electron chi connectivity index (χ3n) is 14.3. The van der Waals surface area contributed by atoms with Crippen molar-refractivity contribution in [3.05, 3.63) is 0 Å². The van der Waals surface area contributed by atoms with Gasteiger partial charge in [0.1, 0.15) is 0 Å². The first kappa shape index (κ1) is 21.3. The molecule has 8 rings (SSSR count). The summed E-state index contributed by atoms with van der Waals surface area (Å²) >= 11 is 0. The molecule has 0 heterocycles. The van der Waals surface area contributed by atoms with Crippen LogP contribution >= 0.6 is 0 Å². The average Bonchev–Trinajstić information content (AvgIpc) is 3.41. The van der Waals surface area contributed by atoms with E-state index in [1.54, 1.807) is 103 Å². The second-order valence-electron chi connectivity index (χ2n) is 15.4. The van der Waals surface area contributed by atoms with Crippen molar-refractivity contribution in [1.29, 1.82) is 0 Å². The van der Waals surface area contributed by atoms with Gasteiger partial charge in [-0.25, -0.2) is 0 Å². The second-order valence-corrected chi connectivity index (χ2v) is 15.4. The largest absolute Gasteiger partial charge is 0.0594 e. The molecule has 0 N–H and O–H groups in total. The fourth-order valence-corrected chi connectivity index (χ4v) is 13.1. The van der Waals surface area contributed by atoms with Crippen LogP contribution in [0.2, 0.25) is 0 Å². The van der Waals surface area contributed by atoms with E-state index in [-0.39, 0.29) is 0 Å². The maximum absolute atomic E-state index is 2.82. The van der Waals surface area contributed by atoms with Gasteiger partial charge in [0, 0.05) is 0 Å². The molecular weight excluding hydrogens is 384 g/mol. The summed E-state index contributed by atoms with van der Waals surface area (Å²) in [4.78, 5) is 0. The summed E-state index contributed by atoms with van der Waals surface area (Å²) in [6, 6.07) is 0. The first-order chi connectivity index (χ1) is 15.5. The lowest BCUT2D eigenvalue weighted by Crippen LogP contribution is -2.54. The zero-order valence-electron chi connectivity index (χ0n) is 21.7. The highest BCUT2D eigenvalue weighted by Crippen LogP contribution is 2.69. The minimum Gasteiger partial charge on any atom is -0.0594 e. The maximum atomic E-state index is 2.82. The molecule has 0 spiro atoms. The Morgan fingerprint density at radius 2 is 1.03 bits per heavy atom. The van der Waals surface area contributed by atoms with Crippen LogP contribution in [0.1, 0.15) is 124 Å². The molecule has 8 aliphatic carbocycles. The maximum Gasteiger partial charge on any atom is -0.0240 e. The number of rotatable bonds is 3. The van der Waals surface area contributed by atoms with E-state index in [2.05, 4.69) is 20.8 Å². The van der Waals surface area contributed by atoms with Crippen LogP contribution < -0.4 is 0 Å². The Kier molecular flexibility index (Phi) is 4.99. The Balaban J connectivity index is 1.13. The molecule has 8 saturated carbocycles. The predicted octanol–water partition coefficient (Wildman–Crippen LogP) is 9.13. The third kappa shape index (κ3) is 2.92. The highest BCUT2D eigenvalue weighted by Gasteiger charge is 2.61. The first-order valence-corrected chi connectivity index (χ1v) is 15.5. The molecule has 8 fully saturated rings. The van der Waals surface area contributed by atoms with Crippen LogP contribution in [0.15, 0.2) is 0 Å². The van der Waals surface area contributed by atoms with Crippen molar-refractivity contribution in [3.63, 3.8) is 0 Å². The van der Waals surface area contributed by atoms with Crippen molar-refractivity contribution in [3.8, 4) is 0 Å². The first-order valence-electron chi connectivity index (χ1n) is 15.5. The summed E-state index contributed by atoms with van der Waals surface area (Å²) in [5, 5.41) is 0. The van der Waals surface area contributed by atoms with Crippen LogP contribution in [-0.2, 0) is 0 Å². The third-order valence-corrected chi connectivity index (χ3v) is 14.3. The van der Waals surface area contributed by atoms with Crippen LogP contribution in [0.4, 0.5) is 0 Å². The Hall–Kier alpha value is 0. The summed E-state index contributed by atoms with van der Waals surface area (Å²) < 4.78 is 0. The van der Waals surface area contributed by atoms with Crippen molar-refractivity contribution in [2.24, 2.45) is 75.9 Å². The minimum atomic E-state index is 0.591. The van der Waals surface area contributed by atoms with E-state index < -0.39 is 0 Å². The topological polar surface area (TPSA) is 0 Å². The molecule has 8 aliphatic rings. The van der Waals surface area contributed by atoms with Gasteiger partial charge in [0.05, 0.1) is 0 Å². The average molecular weight is 437 g/mol. The Morgan fingerprint density at radius 3 is 1.56 bits per heavy atom. The van der Waals surface area contributed by atoms with Gasteiger partial charge >= 0.3 is 0 Å². The van der Waals surface area contributed by atoms with Crippen molar-refractivity contribution >= 4 is 0 Å². The zero-order chi connectivity index (χ0) is 21.7. The van der Waals surface area contributed by atoms with Gasteiger partial charge in [-0.3, -0.25) is 0 Å². The van der Waals surface area contributed by atoms with Gasteiger partial charge < -0.3 is 0 Å². The SMILES string of the molecule is CC(C)(C1CCC(C2(C)C3CC4CC(C3)CC2C4)C1)C1C2CCCCC2C2CCCCC21. The van der Waals surface area contributed by atoms with Gasteiger partial charge in [-0.2, -0.15) is 0 Å². The van der Waals surface area contributed by atoms with Crippen LogP contribution in [0.25, 0.3) is 0 Å². The van der Waals surface area contributed by atoms with Gasteiger partial charge in [-0.1, -0.05) is 46.5 Å². The van der Waals surface area contributed by atoms with Gasteiger partial charge in [-0.05, 0) is 153 Å². The molecule has 0 aliphatic heterocycles. The van der Waals surface area contributed by atoms with E-state index in [4.69, 9.17) is 0 Å². The van der Waals surface area contributed by atoms with E-state index in [0.29, 0.717) is 10.8 Å². The summed E-state index contributed by atoms with van der Waals surface area (Å²) in [6.07, 6.45) is 25.4. The van der Waals surface area contributed by atoms with Gasteiger partial charge in [0.15, 0.2) is 0 Å². The molecule has 32 heavy (non-hydrogen) atoms. The highest BCUT2D eigenvalue weighted by molar-refractivity contribution is 5.10. The monoisotopic (exact) mass is 436 g/mol. The lowest BCUT2D eigenvalue weighted by Gasteiger charge is -2.62.